The van der Waals surface area contributed by atoms with Crippen LogP contribution in [0.4, 0.5) is 10.1 Å². The number of carbonyl (C=O) groups excluding carboxylic acids is 1. The van der Waals surface area contributed by atoms with Crippen molar-refractivity contribution in [1.82, 2.24) is 20.8 Å². The topological polar surface area (TPSA) is 72.0 Å². The Hall–Kier alpha value is -3.04. The van der Waals surface area contributed by atoms with Crippen molar-refractivity contribution in [3.05, 3.63) is 77.4 Å². The van der Waals surface area contributed by atoms with Gasteiger partial charge < -0.3 is 15.2 Å². The minimum atomic E-state index is -0.232. The Morgan fingerprint density at radius 2 is 2.03 bits per heavy atom. The van der Waals surface area contributed by atoms with E-state index in [9.17, 15) is 9.18 Å². The van der Waals surface area contributed by atoms with Gasteiger partial charge in [0.2, 0.25) is 5.91 Å². The summed E-state index contributed by atoms with van der Waals surface area (Å²) in [5.41, 5.74) is 10.8. The molecule has 0 bridgehead atoms. The maximum absolute atomic E-state index is 13.3. The molecule has 9 heteroatoms. The molecule has 0 aliphatic carbocycles. The van der Waals surface area contributed by atoms with Crippen LogP contribution < -0.4 is 16.2 Å². The van der Waals surface area contributed by atoms with Gasteiger partial charge in [-0.1, -0.05) is 41.6 Å². The summed E-state index contributed by atoms with van der Waals surface area (Å²) in [7, 11) is 0. The van der Waals surface area contributed by atoms with Gasteiger partial charge in [0.1, 0.15) is 12.0 Å². The Balaban J connectivity index is 1.18. The summed E-state index contributed by atoms with van der Waals surface area (Å²) < 4.78 is 13.3. The zero-order valence-electron chi connectivity index (χ0n) is 17.9. The normalized spacial score (nSPS) is 23.5. The van der Waals surface area contributed by atoms with Crippen LogP contribution in [0.5, 0.6) is 0 Å². The van der Waals surface area contributed by atoms with E-state index in [4.69, 9.17) is 0 Å². The summed E-state index contributed by atoms with van der Waals surface area (Å²) in [5, 5.41) is 10.3. The van der Waals surface area contributed by atoms with E-state index in [1.165, 1.54) is 29.5 Å². The lowest BCUT2D eigenvalue weighted by atomic mass is 10.00. The SMILES string of the molecule is Cc1ccc(NC(=O)CSC2=NNC3C4CC(c5ccc(F)cc5)NN4C=CN23)c(C)c1. The number of halogens is 1. The van der Waals surface area contributed by atoms with Crippen LogP contribution in [0.2, 0.25) is 0 Å². The summed E-state index contributed by atoms with van der Waals surface area (Å²) in [6, 6.07) is 12.9. The fraction of sp³-hybridized carbons (Fsp3) is 0.304. The summed E-state index contributed by atoms with van der Waals surface area (Å²) in [5.74, 6) is -0.0188. The molecule has 1 fully saturated rings. The number of aryl methyl sites for hydroxylation is 2. The first kappa shape index (κ1) is 20.8. The molecule has 7 nitrogen and oxygen atoms in total. The molecule has 166 valence electrons. The summed E-state index contributed by atoms with van der Waals surface area (Å²) in [4.78, 5) is 14.6. The number of nitrogens with zero attached hydrogens (tertiary/aromatic N) is 3. The second-order valence-corrected chi connectivity index (χ2v) is 9.22. The van der Waals surface area contributed by atoms with E-state index in [0.29, 0.717) is 0 Å². The number of rotatable bonds is 4. The fourth-order valence-electron chi connectivity index (χ4n) is 4.33. The van der Waals surface area contributed by atoms with Gasteiger partial charge in [-0.05, 0) is 49.6 Å². The number of amidine groups is 1. The van der Waals surface area contributed by atoms with Crippen LogP contribution in [-0.4, -0.2) is 38.9 Å². The Bertz CT molecular complexity index is 1090. The zero-order valence-corrected chi connectivity index (χ0v) is 18.7. The second-order valence-electron chi connectivity index (χ2n) is 8.27. The lowest BCUT2D eigenvalue weighted by Gasteiger charge is -2.36. The Kier molecular flexibility index (Phi) is 5.52. The third kappa shape index (κ3) is 4.05. The highest BCUT2D eigenvalue weighted by Gasteiger charge is 2.44. The molecule has 3 unspecified atom stereocenters. The highest BCUT2D eigenvalue weighted by molar-refractivity contribution is 8.14. The number of hydrogen-bond acceptors (Lipinski definition) is 7. The number of hydrazine groups is 1. The third-order valence-electron chi connectivity index (χ3n) is 5.97. The molecule has 2 aromatic rings. The maximum Gasteiger partial charge on any atom is 0.234 e. The molecule has 32 heavy (non-hydrogen) atoms. The van der Waals surface area contributed by atoms with Gasteiger partial charge in [-0.15, -0.1) is 0 Å². The Labute approximate surface area is 190 Å². The lowest BCUT2D eigenvalue weighted by molar-refractivity contribution is -0.113. The minimum absolute atomic E-state index is 0.0251. The van der Waals surface area contributed by atoms with Crippen LogP contribution in [0.15, 0.2) is 60.0 Å². The van der Waals surface area contributed by atoms with Crippen molar-refractivity contribution in [3.8, 4) is 0 Å². The summed E-state index contributed by atoms with van der Waals surface area (Å²) in [6.45, 7) is 4.02. The molecule has 3 N–H and O–H groups in total. The number of benzene rings is 2. The number of anilines is 1. The van der Waals surface area contributed by atoms with Crippen LogP contribution in [0.25, 0.3) is 0 Å². The van der Waals surface area contributed by atoms with Gasteiger partial charge in [-0.25, -0.2) is 9.82 Å². The molecule has 2 aromatic carbocycles. The van der Waals surface area contributed by atoms with Crippen molar-refractivity contribution in [1.29, 1.82) is 0 Å². The molecule has 3 heterocycles. The van der Waals surface area contributed by atoms with E-state index in [0.717, 1.165) is 28.4 Å². The van der Waals surface area contributed by atoms with Gasteiger partial charge >= 0.3 is 0 Å². The van der Waals surface area contributed by atoms with E-state index in [1.807, 2.05) is 50.5 Å². The summed E-state index contributed by atoms with van der Waals surface area (Å²) >= 11 is 1.41. The largest absolute Gasteiger partial charge is 0.325 e. The van der Waals surface area contributed by atoms with Crippen molar-refractivity contribution in [2.45, 2.75) is 38.5 Å². The van der Waals surface area contributed by atoms with Crippen molar-refractivity contribution >= 4 is 28.5 Å². The summed E-state index contributed by atoms with van der Waals surface area (Å²) in [6.07, 6.45) is 4.78. The lowest BCUT2D eigenvalue weighted by Crippen LogP contribution is -2.54. The number of hydrazone groups is 1. The number of fused-ring (bicyclic) bond motifs is 3. The average molecular weight is 453 g/mol. The first-order chi connectivity index (χ1) is 15.5. The predicted octanol–water partition coefficient (Wildman–Crippen LogP) is 3.42. The van der Waals surface area contributed by atoms with Gasteiger partial charge in [-0.2, -0.15) is 5.10 Å². The van der Waals surface area contributed by atoms with Crippen molar-refractivity contribution < 1.29 is 9.18 Å². The molecule has 3 aliphatic heterocycles. The molecular weight excluding hydrogens is 427 g/mol. The highest BCUT2D eigenvalue weighted by atomic mass is 32.2. The fourth-order valence-corrected chi connectivity index (χ4v) is 5.11. The Morgan fingerprint density at radius 3 is 2.81 bits per heavy atom. The highest BCUT2D eigenvalue weighted by Crippen LogP contribution is 2.35. The van der Waals surface area contributed by atoms with E-state index in [2.05, 4.69) is 37.2 Å². The van der Waals surface area contributed by atoms with Gasteiger partial charge in [0.05, 0.1) is 17.8 Å². The number of amides is 1. The monoisotopic (exact) mass is 452 g/mol. The molecule has 3 atom stereocenters. The number of nitrogens with one attached hydrogen (secondary N) is 3. The van der Waals surface area contributed by atoms with Gasteiger partial charge in [0.25, 0.3) is 0 Å². The van der Waals surface area contributed by atoms with Crippen molar-refractivity contribution in [2.75, 3.05) is 11.1 Å². The molecule has 5 rings (SSSR count). The minimum Gasteiger partial charge on any atom is -0.325 e. The first-order valence-electron chi connectivity index (χ1n) is 10.6. The first-order valence-corrected chi connectivity index (χ1v) is 11.6. The van der Waals surface area contributed by atoms with Crippen LogP contribution >= 0.6 is 11.8 Å². The van der Waals surface area contributed by atoms with E-state index >= 15 is 0 Å². The van der Waals surface area contributed by atoms with Gasteiger partial charge in [-0.3, -0.25) is 10.2 Å². The molecule has 1 saturated heterocycles. The Morgan fingerprint density at radius 1 is 1.22 bits per heavy atom. The average Bonchev–Trinajstić information content (AvgIpc) is 3.38. The maximum atomic E-state index is 13.3. The zero-order chi connectivity index (χ0) is 22.2. The number of thioether (sulfide) groups is 1. The third-order valence-corrected chi connectivity index (χ3v) is 6.93. The smallest absolute Gasteiger partial charge is 0.234 e. The van der Waals surface area contributed by atoms with Gasteiger partial charge in [0, 0.05) is 18.1 Å². The predicted molar refractivity (Wildman–Crippen MR) is 125 cm³/mol. The molecule has 3 aliphatic rings. The van der Waals surface area contributed by atoms with E-state index in [1.54, 1.807) is 0 Å². The van der Waals surface area contributed by atoms with Gasteiger partial charge in [0.15, 0.2) is 5.17 Å². The van der Waals surface area contributed by atoms with Crippen LogP contribution in [0.3, 0.4) is 0 Å². The number of hydrogen-bond donors (Lipinski definition) is 3. The van der Waals surface area contributed by atoms with Crippen LogP contribution in [0, 0.1) is 19.7 Å². The number of carbonyl (C=O) groups is 1. The molecular formula is C23H25FN6OS. The molecule has 0 saturated carbocycles. The van der Waals surface area contributed by atoms with E-state index in [-0.39, 0.29) is 35.7 Å². The quantitative estimate of drug-likeness (QED) is 0.660. The molecule has 0 spiro atoms. The van der Waals surface area contributed by atoms with Crippen molar-refractivity contribution in [2.24, 2.45) is 5.10 Å². The van der Waals surface area contributed by atoms with E-state index < -0.39 is 0 Å². The van der Waals surface area contributed by atoms with Crippen molar-refractivity contribution in [3.63, 3.8) is 0 Å². The molecule has 0 radical (unpaired) electrons. The van der Waals surface area contributed by atoms with Crippen LogP contribution in [0.1, 0.15) is 29.2 Å². The van der Waals surface area contributed by atoms with Crippen LogP contribution in [-0.2, 0) is 4.79 Å². The molecule has 1 amide bonds. The molecule has 0 aromatic heterocycles. The standard InChI is InChI=1S/C23H25FN6OS/c1-14-3-8-18(15(2)11-14)25-21(31)13-32-23-27-26-22-20-12-19(16-4-6-17(24)7-5-16)28-30(20)10-9-29(22)23/h3-11,19-20,22,26,28H,12-13H2,1-2H3,(H,25,31). The second kappa shape index (κ2) is 8.48.